The van der Waals surface area contributed by atoms with Gasteiger partial charge in [-0.3, -0.25) is 4.79 Å². The maximum Gasteiger partial charge on any atom is 0.273 e. The Balaban J connectivity index is 1.71. The summed E-state index contributed by atoms with van der Waals surface area (Å²) < 4.78 is 69.3. The molecule has 1 aliphatic heterocycles. The van der Waals surface area contributed by atoms with Crippen LogP contribution < -0.4 is 10.6 Å². The van der Waals surface area contributed by atoms with Crippen LogP contribution in [0.1, 0.15) is 80.3 Å². The molecule has 1 saturated heterocycles. The van der Waals surface area contributed by atoms with Crippen molar-refractivity contribution >= 4 is 11.7 Å². The van der Waals surface area contributed by atoms with Gasteiger partial charge in [-0.15, -0.1) is 0 Å². The van der Waals surface area contributed by atoms with Crippen LogP contribution in [0.5, 0.6) is 0 Å². The number of halogens is 4. The van der Waals surface area contributed by atoms with Crippen molar-refractivity contribution < 1.29 is 31.8 Å². The first-order chi connectivity index (χ1) is 16.4. The van der Waals surface area contributed by atoms with Crippen LogP contribution in [-0.2, 0) is 20.2 Å². The number of nitrogens with one attached hydrogen (secondary N) is 2. The van der Waals surface area contributed by atoms with Gasteiger partial charge in [0.2, 0.25) is 6.17 Å². The summed E-state index contributed by atoms with van der Waals surface area (Å²) in [4.78, 5) is 21.1. The lowest BCUT2D eigenvalue weighted by molar-refractivity contribution is -0.127. The van der Waals surface area contributed by atoms with Gasteiger partial charge in [0.05, 0.1) is 36.1 Å². The summed E-state index contributed by atoms with van der Waals surface area (Å²) in [5.74, 6) is -5.05. The third kappa shape index (κ3) is 5.40. The summed E-state index contributed by atoms with van der Waals surface area (Å²) >= 11 is 0. The third-order valence-electron chi connectivity index (χ3n) is 6.16. The Bertz CT molecular complexity index is 1110. The lowest BCUT2D eigenvalue weighted by Gasteiger charge is -2.24. The number of hydrogen-bond donors (Lipinski definition) is 2. The second-order valence-corrected chi connectivity index (χ2v) is 9.37. The number of benzene rings is 1. The molecule has 35 heavy (non-hydrogen) atoms. The Kier molecular flexibility index (Phi) is 6.76. The van der Waals surface area contributed by atoms with Crippen LogP contribution in [-0.4, -0.2) is 34.6 Å². The fourth-order valence-corrected chi connectivity index (χ4v) is 3.97. The molecule has 4 rings (SSSR count). The van der Waals surface area contributed by atoms with E-state index in [0.717, 1.165) is 18.9 Å². The quantitative estimate of drug-likeness (QED) is 0.504. The van der Waals surface area contributed by atoms with Crippen LogP contribution in [0.15, 0.2) is 18.2 Å². The van der Waals surface area contributed by atoms with Gasteiger partial charge in [0.25, 0.3) is 11.8 Å². The highest BCUT2D eigenvalue weighted by Gasteiger charge is 2.42. The van der Waals surface area contributed by atoms with Crippen LogP contribution in [0.4, 0.5) is 23.4 Å². The first kappa shape index (κ1) is 25.3. The fraction of sp³-hybridized carbons (Fsp3) is 0.542. The zero-order valence-corrected chi connectivity index (χ0v) is 19.9. The largest absolute Gasteiger partial charge is 0.363 e. The Morgan fingerprint density at radius 3 is 2.49 bits per heavy atom. The van der Waals surface area contributed by atoms with E-state index in [1.54, 1.807) is 6.92 Å². The molecule has 0 spiro atoms. The molecule has 0 radical (unpaired) electrons. The number of carbonyl (C=O) groups is 1. The molecule has 2 atom stereocenters. The van der Waals surface area contributed by atoms with Crippen molar-refractivity contribution in [1.82, 2.24) is 15.3 Å². The normalized spacial score (nSPS) is 19.3. The summed E-state index contributed by atoms with van der Waals surface area (Å²) in [5, 5.41) is 5.65. The second-order valence-electron chi connectivity index (χ2n) is 9.37. The van der Waals surface area contributed by atoms with E-state index in [1.165, 1.54) is 19.1 Å². The molecule has 2 heterocycles. The zero-order chi connectivity index (χ0) is 25.5. The van der Waals surface area contributed by atoms with Gasteiger partial charge in [-0.1, -0.05) is 18.2 Å². The number of anilines is 1. The lowest BCUT2D eigenvalue weighted by atomic mass is 10.0. The molecule has 2 aliphatic rings. The molecule has 0 bridgehead atoms. The number of hydrogen-bond acceptors (Lipinski definition) is 6. The van der Waals surface area contributed by atoms with E-state index in [-0.39, 0.29) is 41.7 Å². The standard InChI is InChI=1S/C24H28F4N4O3/c1-12(14-6-5-7-15(17(14)25)24(4,27)28)29-20-16(22-34-10-11-35-22)19(30-13(2)31-20)18(26)21(33)32-23(3)8-9-23/h5-7,12,18,22H,8-11H2,1-4H3,(H,32,33)(H,29,30,31). The van der Waals surface area contributed by atoms with Crippen molar-refractivity contribution in [1.29, 1.82) is 0 Å². The molecule has 2 N–H and O–H groups in total. The van der Waals surface area contributed by atoms with E-state index < -0.39 is 47.3 Å². The van der Waals surface area contributed by atoms with Gasteiger partial charge in [-0.2, -0.15) is 0 Å². The number of carbonyl (C=O) groups excluding carboxylic acids is 1. The van der Waals surface area contributed by atoms with Crippen molar-refractivity contribution in [2.45, 2.75) is 70.5 Å². The predicted octanol–water partition coefficient (Wildman–Crippen LogP) is 4.93. The van der Waals surface area contributed by atoms with E-state index in [9.17, 15) is 18.0 Å². The van der Waals surface area contributed by atoms with Crippen molar-refractivity contribution in [2.75, 3.05) is 18.5 Å². The molecule has 1 saturated carbocycles. The first-order valence-electron chi connectivity index (χ1n) is 11.4. The number of nitrogens with zero attached hydrogens (tertiary/aromatic N) is 2. The summed E-state index contributed by atoms with van der Waals surface area (Å²) in [6, 6.07) is 2.89. The van der Waals surface area contributed by atoms with Gasteiger partial charge in [-0.25, -0.2) is 27.5 Å². The molecular weight excluding hydrogens is 468 g/mol. The monoisotopic (exact) mass is 496 g/mol. The molecule has 11 heteroatoms. The molecule has 1 aromatic heterocycles. The number of aryl methyl sites for hydroxylation is 1. The smallest absolute Gasteiger partial charge is 0.273 e. The number of rotatable bonds is 8. The van der Waals surface area contributed by atoms with E-state index >= 15 is 4.39 Å². The van der Waals surface area contributed by atoms with Crippen molar-refractivity contribution in [3.05, 3.63) is 52.2 Å². The van der Waals surface area contributed by atoms with Crippen molar-refractivity contribution in [2.24, 2.45) is 0 Å². The summed E-state index contributed by atoms with van der Waals surface area (Å²) in [6.45, 7) is 5.98. The number of ether oxygens (including phenoxy) is 2. The van der Waals surface area contributed by atoms with E-state index in [4.69, 9.17) is 9.47 Å². The SMILES string of the molecule is Cc1nc(NC(C)c2cccc(C(C)(F)F)c2F)c(C2OCCO2)c(C(F)C(=O)NC2(C)CC2)n1. The van der Waals surface area contributed by atoms with Gasteiger partial charge < -0.3 is 20.1 Å². The fourth-order valence-electron chi connectivity index (χ4n) is 3.97. The average molecular weight is 497 g/mol. The van der Waals surface area contributed by atoms with Crippen LogP contribution in [0.25, 0.3) is 0 Å². The molecule has 2 unspecified atom stereocenters. The maximum absolute atomic E-state index is 15.5. The molecule has 1 amide bonds. The van der Waals surface area contributed by atoms with Crippen LogP contribution in [0, 0.1) is 12.7 Å². The minimum Gasteiger partial charge on any atom is -0.363 e. The average Bonchev–Trinajstić information content (AvgIpc) is 3.26. The summed E-state index contributed by atoms with van der Waals surface area (Å²) in [5.41, 5.74) is -1.36. The zero-order valence-electron chi connectivity index (χ0n) is 19.9. The second kappa shape index (κ2) is 9.34. The summed E-state index contributed by atoms with van der Waals surface area (Å²) in [6.07, 6.45) is -1.69. The molecule has 1 aliphatic carbocycles. The maximum atomic E-state index is 15.5. The molecule has 2 aromatic rings. The predicted molar refractivity (Wildman–Crippen MR) is 119 cm³/mol. The molecule has 190 valence electrons. The van der Waals surface area contributed by atoms with Crippen LogP contribution in [0.2, 0.25) is 0 Å². The molecular formula is C24H28F4N4O3. The Labute approximate surface area is 200 Å². The lowest BCUT2D eigenvalue weighted by Crippen LogP contribution is -2.37. The van der Waals surface area contributed by atoms with E-state index in [2.05, 4.69) is 20.6 Å². The summed E-state index contributed by atoms with van der Waals surface area (Å²) in [7, 11) is 0. The van der Waals surface area contributed by atoms with Crippen LogP contribution in [0.3, 0.4) is 0 Å². The Hall–Kier alpha value is -2.79. The number of amides is 1. The highest BCUT2D eigenvalue weighted by atomic mass is 19.3. The van der Waals surface area contributed by atoms with Gasteiger partial charge in [-0.05, 0) is 33.6 Å². The topological polar surface area (TPSA) is 85.4 Å². The van der Waals surface area contributed by atoms with Crippen molar-refractivity contribution in [3.8, 4) is 0 Å². The van der Waals surface area contributed by atoms with E-state index in [0.29, 0.717) is 6.92 Å². The minimum absolute atomic E-state index is 0.0303. The molecule has 2 fully saturated rings. The Morgan fingerprint density at radius 1 is 1.23 bits per heavy atom. The number of alkyl halides is 3. The van der Waals surface area contributed by atoms with Gasteiger partial charge >= 0.3 is 0 Å². The van der Waals surface area contributed by atoms with E-state index in [1.807, 2.05) is 6.92 Å². The van der Waals surface area contributed by atoms with Gasteiger partial charge in [0.15, 0.2) is 6.29 Å². The van der Waals surface area contributed by atoms with Crippen LogP contribution >= 0.6 is 0 Å². The third-order valence-corrected chi connectivity index (χ3v) is 6.16. The molecule has 1 aromatic carbocycles. The van der Waals surface area contributed by atoms with Gasteiger partial charge in [0.1, 0.15) is 17.5 Å². The number of aromatic nitrogens is 2. The highest BCUT2D eigenvalue weighted by molar-refractivity contribution is 5.83. The molecule has 7 nitrogen and oxygen atoms in total. The Morgan fingerprint density at radius 2 is 1.89 bits per heavy atom. The van der Waals surface area contributed by atoms with Crippen molar-refractivity contribution in [3.63, 3.8) is 0 Å². The highest BCUT2D eigenvalue weighted by Crippen LogP contribution is 2.39. The van der Waals surface area contributed by atoms with Gasteiger partial charge in [0, 0.05) is 18.0 Å². The first-order valence-corrected chi connectivity index (χ1v) is 11.4. The minimum atomic E-state index is -3.37.